The SMILES string of the molecule is CCCCCCCCC(O)(Cl)C(Cl)(Cl)Cl. The van der Waals surface area contributed by atoms with E-state index in [1.165, 1.54) is 19.3 Å². The Morgan fingerprint density at radius 3 is 1.80 bits per heavy atom. The molecule has 0 aromatic carbocycles. The molecule has 0 fully saturated rings. The molecular formula is C10H18Cl4O. The van der Waals surface area contributed by atoms with Crippen LogP contribution in [0.25, 0.3) is 0 Å². The van der Waals surface area contributed by atoms with Crippen LogP contribution in [0.2, 0.25) is 0 Å². The molecule has 0 aliphatic heterocycles. The molecule has 0 saturated heterocycles. The second-order valence-electron chi connectivity index (χ2n) is 3.77. The van der Waals surface area contributed by atoms with Gasteiger partial charge < -0.3 is 5.11 Å². The van der Waals surface area contributed by atoms with Crippen molar-refractivity contribution in [3.05, 3.63) is 0 Å². The zero-order valence-corrected chi connectivity index (χ0v) is 11.9. The van der Waals surface area contributed by atoms with Crippen molar-refractivity contribution in [3.8, 4) is 0 Å². The topological polar surface area (TPSA) is 20.2 Å². The summed E-state index contributed by atoms with van der Waals surface area (Å²) in [5.41, 5.74) is 0. The van der Waals surface area contributed by atoms with E-state index in [-0.39, 0.29) is 0 Å². The van der Waals surface area contributed by atoms with Gasteiger partial charge in [-0.15, -0.1) is 0 Å². The van der Waals surface area contributed by atoms with Gasteiger partial charge in [-0.3, -0.25) is 0 Å². The van der Waals surface area contributed by atoms with Gasteiger partial charge in [-0.2, -0.15) is 0 Å². The van der Waals surface area contributed by atoms with Gasteiger partial charge in [0.15, 0.2) is 5.06 Å². The van der Waals surface area contributed by atoms with E-state index in [9.17, 15) is 5.11 Å². The maximum atomic E-state index is 9.62. The summed E-state index contributed by atoms with van der Waals surface area (Å²) in [4.78, 5) is 0. The minimum atomic E-state index is -1.82. The first kappa shape index (κ1) is 16.1. The first-order valence-electron chi connectivity index (χ1n) is 5.29. The molecule has 1 unspecified atom stereocenters. The van der Waals surface area contributed by atoms with Gasteiger partial charge in [0.1, 0.15) is 0 Å². The molecule has 0 spiro atoms. The Morgan fingerprint density at radius 2 is 1.33 bits per heavy atom. The minimum absolute atomic E-state index is 0.303. The van der Waals surface area contributed by atoms with Crippen molar-refractivity contribution < 1.29 is 5.11 Å². The van der Waals surface area contributed by atoms with E-state index in [0.29, 0.717) is 6.42 Å². The van der Waals surface area contributed by atoms with E-state index >= 15 is 0 Å². The molecule has 0 bridgehead atoms. The molecule has 1 atom stereocenters. The number of aliphatic hydroxyl groups is 1. The second-order valence-corrected chi connectivity index (χ2v) is 6.68. The molecule has 0 heterocycles. The van der Waals surface area contributed by atoms with Gasteiger partial charge in [-0.1, -0.05) is 85.4 Å². The maximum absolute atomic E-state index is 9.62. The molecule has 5 heteroatoms. The van der Waals surface area contributed by atoms with E-state index in [0.717, 1.165) is 19.3 Å². The molecule has 0 saturated carbocycles. The van der Waals surface area contributed by atoms with Crippen LogP contribution < -0.4 is 0 Å². The molecule has 0 aliphatic carbocycles. The lowest BCUT2D eigenvalue weighted by molar-refractivity contribution is 0.119. The van der Waals surface area contributed by atoms with Crippen LogP contribution in [-0.4, -0.2) is 14.0 Å². The van der Waals surface area contributed by atoms with Gasteiger partial charge in [-0.25, -0.2) is 0 Å². The Balaban J connectivity index is 3.58. The van der Waals surface area contributed by atoms with Crippen molar-refractivity contribution in [2.75, 3.05) is 0 Å². The molecular weight excluding hydrogens is 278 g/mol. The molecule has 1 nitrogen and oxygen atoms in total. The largest absolute Gasteiger partial charge is 0.371 e. The zero-order chi connectivity index (χ0) is 11.9. The summed E-state index contributed by atoms with van der Waals surface area (Å²) in [6.45, 7) is 2.17. The number of hydrogen-bond acceptors (Lipinski definition) is 1. The summed E-state index contributed by atoms with van der Waals surface area (Å²) in [6, 6.07) is 0. The van der Waals surface area contributed by atoms with Crippen LogP contribution in [0.1, 0.15) is 51.9 Å². The number of alkyl halides is 4. The number of halogens is 4. The van der Waals surface area contributed by atoms with Crippen LogP contribution in [0.15, 0.2) is 0 Å². The van der Waals surface area contributed by atoms with Crippen LogP contribution in [0.3, 0.4) is 0 Å². The third kappa shape index (κ3) is 7.12. The predicted octanol–water partition coefficient (Wildman–Crippen LogP) is 5.03. The second kappa shape index (κ2) is 7.45. The molecule has 0 amide bonds. The van der Waals surface area contributed by atoms with Crippen LogP contribution in [0.4, 0.5) is 0 Å². The van der Waals surface area contributed by atoms with E-state index in [1.807, 2.05) is 0 Å². The van der Waals surface area contributed by atoms with E-state index in [2.05, 4.69) is 6.92 Å². The fourth-order valence-corrected chi connectivity index (χ4v) is 1.70. The van der Waals surface area contributed by atoms with E-state index < -0.39 is 8.85 Å². The highest BCUT2D eigenvalue weighted by Gasteiger charge is 2.44. The Kier molecular flexibility index (Phi) is 8.00. The monoisotopic (exact) mass is 294 g/mol. The van der Waals surface area contributed by atoms with Gasteiger partial charge in [0.25, 0.3) is 0 Å². The minimum Gasteiger partial charge on any atom is -0.371 e. The Hall–Kier alpha value is 1.12. The third-order valence-electron chi connectivity index (χ3n) is 2.30. The lowest BCUT2D eigenvalue weighted by Crippen LogP contribution is -2.36. The average Bonchev–Trinajstić information content (AvgIpc) is 2.09. The highest BCUT2D eigenvalue weighted by molar-refractivity contribution is 6.70. The normalized spacial score (nSPS) is 16.4. The van der Waals surface area contributed by atoms with Crippen molar-refractivity contribution in [2.24, 2.45) is 0 Å². The Bertz CT molecular complexity index is 165. The Morgan fingerprint density at radius 1 is 0.867 bits per heavy atom. The number of unbranched alkanes of at least 4 members (excludes halogenated alkanes) is 5. The van der Waals surface area contributed by atoms with Crippen LogP contribution >= 0.6 is 46.4 Å². The Labute approximate surface area is 112 Å². The molecule has 0 aromatic heterocycles. The molecule has 92 valence electrons. The van der Waals surface area contributed by atoms with Gasteiger partial charge >= 0.3 is 0 Å². The van der Waals surface area contributed by atoms with Gasteiger partial charge in [0, 0.05) is 0 Å². The fourth-order valence-electron chi connectivity index (χ4n) is 1.28. The summed E-state index contributed by atoms with van der Waals surface area (Å²) < 4.78 is -1.82. The molecule has 15 heavy (non-hydrogen) atoms. The standard InChI is InChI=1S/C10H18Cl4O/c1-2-3-4-5-6-7-8-9(11,15)10(12,13)14/h15H,2-8H2,1H3. The van der Waals surface area contributed by atoms with Crippen LogP contribution in [0.5, 0.6) is 0 Å². The number of hydrogen-bond donors (Lipinski definition) is 1. The van der Waals surface area contributed by atoms with Crippen molar-refractivity contribution in [3.63, 3.8) is 0 Å². The molecule has 0 radical (unpaired) electrons. The average molecular weight is 296 g/mol. The smallest absolute Gasteiger partial charge is 0.232 e. The summed E-state index contributed by atoms with van der Waals surface area (Å²) in [5.74, 6) is 0. The van der Waals surface area contributed by atoms with Gasteiger partial charge in [-0.05, 0) is 12.8 Å². The molecule has 0 aliphatic rings. The maximum Gasteiger partial charge on any atom is 0.232 e. The lowest BCUT2D eigenvalue weighted by Gasteiger charge is -2.28. The first-order chi connectivity index (χ1) is 6.81. The van der Waals surface area contributed by atoms with Crippen molar-refractivity contribution in [1.82, 2.24) is 0 Å². The predicted molar refractivity (Wildman–Crippen MR) is 69.1 cm³/mol. The summed E-state index contributed by atoms with van der Waals surface area (Å²) in [5, 5.41) is 7.88. The highest BCUT2D eigenvalue weighted by atomic mass is 35.6. The van der Waals surface area contributed by atoms with Crippen LogP contribution in [0, 0.1) is 0 Å². The van der Waals surface area contributed by atoms with E-state index in [4.69, 9.17) is 46.4 Å². The third-order valence-corrected chi connectivity index (χ3v) is 4.00. The fraction of sp³-hybridized carbons (Fsp3) is 1.00. The van der Waals surface area contributed by atoms with Crippen molar-refractivity contribution in [2.45, 2.75) is 60.7 Å². The van der Waals surface area contributed by atoms with Crippen LogP contribution in [-0.2, 0) is 0 Å². The lowest BCUT2D eigenvalue weighted by atomic mass is 10.1. The van der Waals surface area contributed by atoms with Crippen molar-refractivity contribution in [1.29, 1.82) is 0 Å². The summed E-state index contributed by atoms with van der Waals surface area (Å²) in [7, 11) is 0. The quantitative estimate of drug-likeness (QED) is 0.516. The summed E-state index contributed by atoms with van der Waals surface area (Å²) in [6.07, 6.45) is 6.90. The molecule has 1 N–H and O–H groups in total. The van der Waals surface area contributed by atoms with Crippen molar-refractivity contribution >= 4 is 46.4 Å². The van der Waals surface area contributed by atoms with Gasteiger partial charge in [0.05, 0.1) is 0 Å². The van der Waals surface area contributed by atoms with Gasteiger partial charge in [0.2, 0.25) is 3.79 Å². The number of rotatable bonds is 7. The highest BCUT2D eigenvalue weighted by Crippen LogP contribution is 2.43. The summed E-state index contributed by atoms with van der Waals surface area (Å²) >= 11 is 22.3. The van der Waals surface area contributed by atoms with E-state index in [1.54, 1.807) is 0 Å². The first-order valence-corrected chi connectivity index (χ1v) is 6.80. The molecule has 0 aromatic rings. The molecule has 0 rings (SSSR count). The zero-order valence-electron chi connectivity index (χ0n) is 8.91.